The Balaban J connectivity index is 3.05. The Kier molecular flexibility index (Phi) is 4.73. The first-order chi connectivity index (χ1) is 3.77. The van der Waals surface area contributed by atoms with Crippen molar-refractivity contribution in [3.63, 3.8) is 0 Å². The van der Waals surface area contributed by atoms with Crippen LogP contribution in [0.4, 0.5) is 4.39 Å². The standard InChI is InChI=1S/C3H6FNO2S/c4-2-1-3-5-8(6)7/h1-2,5H,3H2,(H,6,7). The molecular weight excluding hydrogens is 133 g/mol. The van der Waals surface area contributed by atoms with Gasteiger partial charge in [-0.15, -0.1) is 0 Å². The third-order valence-corrected chi connectivity index (χ3v) is 0.827. The summed E-state index contributed by atoms with van der Waals surface area (Å²) in [6, 6.07) is 0. The molecule has 2 N–H and O–H groups in total. The smallest absolute Gasteiger partial charge is 0.232 e. The van der Waals surface area contributed by atoms with Gasteiger partial charge in [0, 0.05) is 6.54 Å². The monoisotopic (exact) mass is 139 g/mol. The van der Waals surface area contributed by atoms with E-state index in [0.717, 1.165) is 6.08 Å². The molecule has 5 heteroatoms. The minimum Gasteiger partial charge on any atom is -0.294 e. The van der Waals surface area contributed by atoms with Gasteiger partial charge in [0.25, 0.3) is 0 Å². The van der Waals surface area contributed by atoms with Crippen molar-refractivity contribution in [2.45, 2.75) is 0 Å². The fraction of sp³-hybridized carbons (Fsp3) is 0.333. The van der Waals surface area contributed by atoms with E-state index in [1.807, 2.05) is 4.72 Å². The molecule has 0 bridgehead atoms. The zero-order valence-electron chi connectivity index (χ0n) is 4.00. The number of rotatable bonds is 3. The van der Waals surface area contributed by atoms with Crippen molar-refractivity contribution in [1.82, 2.24) is 4.72 Å². The minimum atomic E-state index is -2.03. The van der Waals surface area contributed by atoms with E-state index in [1.165, 1.54) is 0 Å². The first-order valence-corrected chi connectivity index (χ1v) is 2.97. The van der Waals surface area contributed by atoms with Crippen molar-refractivity contribution in [1.29, 1.82) is 0 Å². The van der Waals surface area contributed by atoms with Crippen LogP contribution in [0.25, 0.3) is 0 Å². The predicted octanol–water partition coefficient (Wildman–Crippen LogP) is 0.196. The maximum atomic E-state index is 11.0. The highest BCUT2D eigenvalue weighted by Crippen LogP contribution is 1.70. The van der Waals surface area contributed by atoms with Gasteiger partial charge < -0.3 is 0 Å². The number of hydrogen-bond donors (Lipinski definition) is 2. The normalized spacial score (nSPS) is 14.8. The third kappa shape index (κ3) is 5.74. The second-order valence-corrected chi connectivity index (χ2v) is 1.75. The maximum absolute atomic E-state index is 11.0. The molecule has 0 aliphatic carbocycles. The van der Waals surface area contributed by atoms with Gasteiger partial charge in [-0.3, -0.25) is 4.55 Å². The molecule has 0 saturated heterocycles. The highest BCUT2D eigenvalue weighted by molar-refractivity contribution is 7.77. The molecular formula is C3H6FNO2S. The van der Waals surface area contributed by atoms with Crippen molar-refractivity contribution in [3.8, 4) is 0 Å². The van der Waals surface area contributed by atoms with E-state index in [0.29, 0.717) is 6.33 Å². The molecule has 0 saturated carbocycles. The van der Waals surface area contributed by atoms with Crippen LogP contribution >= 0.6 is 0 Å². The zero-order valence-corrected chi connectivity index (χ0v) is 4.82. The molecule has 0 rings (SSSR count). The van der Waals surface area contributed by atoms with E-state index in [-0.39, 0.29) is 6.54 Å². The lowest BCUT2D eigenvalue weighted by molar-refractivity contribution is 0.552. The summed E-state index contributed by atoms with van der Waals surface area (Å²) in [6.07, 6.45) is 1.40. The summed E-state index contributed by atoms with van der Waals surface area (Å²) in [4.78, 5) is 0. The van der Waals surface area contributed by atoms with Crippen LogP contribution in [0, 0.1) is 0 Å². The van der Waals surface area contributed by atoms with Crippen LogP contribution in [0.3, 0.4) is 0 Å². The molecule has 8 heavy (non-hydrogen) atoms. The lowest BCUT2D eigenvalue weighted by Gasteiger charge is -1.88. The lowest BCUT2D eigenvalue weighted by atomic mass is 10.7. The van der Waals surface area contributed by atoms with Crippen LogP contribution in [-0.2, 0) is 11.3 Å². The fourth-order valence-electron chi connectivity index (χ4n) is 0.164. The Morgan fingerprint density at radius 2 is 2.50 bits per heavy atom. The summed E-state index contributed by atoms with van der Waals surface area (Å²) in [5.41, 5.74) is 0. The van der Waals surface area contributed by atoms with Gasteiger partial charge in [0.2, 0.25) is 11.3 Å². The van der Waals surface area contributed by atoms with Crippen LogP contribution in [-0.4, -0.2) is 15.3 Å². The van der Waals surface area contributed by atoms with E-state index in [1.54, 1.807) is 0 Å². The minimum absolute atomic E-state index is 0.0691. The van der Waals surface area contributed by atoms with Crippen LogP contribution in [0.15, 0.2) is 12.4 Å². The van der Waals surface area contributed by atoms with Gasteiger partial charge in [0.15, 0.2) is 0 Å². The molecule has 0 aliphatic heterocycles. The quantitative estimate of drug-likeness (QED) is 0.548. The first-order valence-electron chi connectivity index (χ1n) is 1.87. The summed E-state index contributed by atoms with van der Waals surface area (Å²) in [6.45, 7) is 0.0691. The average molecular weight is 139 g/mol. The second-order valence-electron chi connectivity index (χ2n) is 0.959. The summed E-state index contributed by atoms with van der Waals surface area (Å²) in [5.74, 6) is 0. The van der Waals surface area contributed by atoms with E-state index in [9.17, 15) is 8.60 Å². The molecule has 1 unspecified atom stereocenters. The Morgan fingerprint density at radius 3 is 2.88 bits per heavy atom. The molecule has 1 atom stereocenters. The summed E-state index contributed by atoms with van der Waals surface area (Å²) in [5, 5.41) is 0. The van der Waals surface area contributed by atoms with E-state index in [4.69, 9.17) is 4.55 Å². The maximum Gasteiger partial charge on any atom is 0.232 e. The van der Waals surface area contributed by atoms with Crippen molar-refractivity contribution >= 4 is 11.3 Å². The predicted molar refractivity (Wildman–Crippen MR) is 29.0 cm³/mol. The molecule has 0 amide bonds. The third-order valence-electron chi connectivity index (χ3n) is 0.414. The number of nitrogens with one attached hydrogen (secondary N) is 1. The number of hydrogen-bond acceptors (Lipinski definition) is 1. The van der Waals surface area contributed by atoms with E-state index < -0.39 is 11.3 Å². The Labute approximate surface area is 49.0 Å². The largest absolute Gasteiger partial charge is 0.294 e. The fourth-order valence-corrected chi connectivity index (χ4v) is 0.403. The second kappa shape index (κ2) is 4.89. The summed E-state index contributed by atoms with van der Waals surface area (Å²) in [7, 11) is 0. The highest BCUT2D eigenvalue weighted by Gasteiger charge is 1.83. The van der Waals surface area contributed by atoms with Crippen LogP contribution < -0.4 is 4.72 Å². The Bertz CT molecular complexity index is 105. The zero-order chi connectivity index (χ0) is 6.41. The molecule has 0 aromatic carbocycles. The van der Waals surface area contributed by atoms with Crippen molar-refractivity contribution in [2.75, 3.05) is 6.54 Å². The topological polar surface area (TPSA) is 49.3 Å². The van der Waals surface area contributed by atoms with Crippen LogP contribution in [0.1, 0.15) is 0 Å². The molecule has 0 fully saturated rings. The first kappa shape index (κ1) is 7.74. The summed E-state index contributed by atoms with van der Waals surface area (Å²) >= 11 is -2.03. The van der Waals surface area contributed by atoms with Gasteiger partial charge in [-0.25, -0.2) is 13.3 Å². The van der Waals surface area contributed by atoms with Crippen molar-refractivity contribution in [3.05, 3.63) is 12.4 Å². The van der Waals surface area contributed by atoms with Gasteiger partial charge in [0.1, 0.15) is 0 Å². The van der Waals surface area contributed by atoms with Crippen LogP contribution in [0.2, 0.25) is 0 Å². The molecule has 0 aliphatic rings. The summed E-state index contributed by atoms with van der Waals surface area (Å²) < 4.78 is 30.8. The molecule has 48 valence electrons. The molecule has 0 aromatic heterocycles. The molecule has 3 nitrogen and oxygen atoms in total. The van der Waals surface area contributed by atoms with Gasteiger partial charge in [-0.05, 0) is 6.08 Å². The van der Waals surface area contributed by atoms with Crippen molar-refractivity contribution < 1.29 is 13.2 Å². The number of halogens is 1. The van der Waals surface area contributed by atoms with Gasteiger partial charge in [0.05, 0.1) is 6.33 Å². The average Bonchev–Trinajstić information content (AvgIpc) is 1.66. The molecule has 0 heterocycles. The molecule has 0 spiro atoms. The van der Waals surface area contributed by atoms with Crippen molar-refractivity contribution in [2.24, 2.45) is 0 Å². The Hall–Kier alpha value is -0.260. The van der Waals surface area contributed by atoms with Gasteiger partial charge >= 0.3 is 0 Å². The van der Waals surface area contributed by atoms with E-state index >= 15 is 0 Å². The molecule has 0 radical (unpaired) electrons. The van der Waals surface area contributed by atoms with Gasteiger partial charge in [-0.1, -0.05) is 0 Å². The molecule has 0 aromatic rings. The Morgan fingerprint density at radius 1 is 1.88 bits per heavy atom. The highest BCUT2D eigenvalue weighted by atomic mass is 32.2. The SMILES string of the molecule is O=S(O)NCC=CF. The van der Waals surface area contributed by atoms with Gasteiger partial charge in [-0.2, -0.15) is 0 Å². The van der Waals surface area contributed by atoms with Crippen LogP contribution in [0.5, 0.6) is 0 Å². The lowest BCUT2D eigenvalue weighted by Crippen LogP contribution is -2.15. The van der Waals surface area contributed by atoms with E-state index in [2.05, 4.69) is 0 Å².